The summed E-state index contributed by atoms with van der Waals surface area (Å²) in [5.41, 5.74) is 1.97. The Kier molecular flexibility index (Phi) is 9.36. The molecule has 2 aromatic rings. The smallest absolute Gasteiger partial charge is 0.410 e. The number of halogens is 1. The minimum Gasteiger partial charge on any atom is -0.444 e. The normalized spacial score (nSPS) is 20.4. The third-order valence-electron chi connectivity index (χ3n) is 8.05. The van der Waals surface area contributed by atoms with Gasteiger partial charge in [-0.25, -0.2) is 9.18 Å². The molecule has 40 heavy (non-hydrogen) atoms. The number of alkyl halides is 1. The Bertz CT molecular complexity index is 1210. The van der Waals surface area contributed by atoms with Gasteiger partial charge in [0.15, 0.2) is 0 Å². The van der Waals surface area contributed by atoms with Gasteiger partial charge >= 0.3 is 6.09 Å². The van der Waals surface area contributed by atoms with Gasteiger partial charge in [-0.15, -0.1) is 0 Å². The fourth-order valence-electron chi connectivity index (χ4n) is 5.95. The van der Waals surface area contributed by atoms with Crippen molar-refractivity contribution in [2.45, 2.75) is 90.3 Å². The average molecular weight is 558 g/mol. The van der Waals surface area contributed by atoms with E-state index in [0.29, 0.717) is 57.4 Å². The second kappa shape index (κ2) is 12.6. The van der Waals surface area contributed by atoms with Crippen molar-refractivity contribution in [3.05, 3.63) is 23.9 Å². The number of ether oxygens (including phenoxy) is 1. The molecule has 2 fully saturated rings. The molecule has 0 saturated carbocycles. The van der Waals surface area contributed by atoms with Crippen molar-refractivity contribution >= 4 is 34.5 Å². The number of rotatable bonds is 9. The fraction of sp³-hybridized carbons (Fsp3) is 0.667. The van der Waals surface area contributed by atoms with Gasteiger partial charge in [0.25, 0.3) is 0 Å². The zero-order valence-electron chi connectivity index (χ0n) is 24.5. The van der Waals surface area contributed by atoms with Crippen molar-refractivity contribution in [2.75, 3.05) is 25.0 Å². The molecule has 0 aliphatic carbocycles. The molecule has 10 heteroatoms. The van der Waals surface area contributed by atoms with Gasteiger partial charge in [-0.1, -0.05) is 13.3 Å². The summed E-state index contributed by atoms with van der Waals surface area (Å²) in [6, 6.07) is 5.93. The predicted octanol–water partition coefficient (Wildman–Crippen LogP) is 5.30. The molecule has 2 aliphatic rings. The number of imide groups is 1. The number of likely N-dealkylation sites (tertiary alicyclic amines) is 1. The van der Waals surface area contributed by atoms with E-state index in [1.54, 1.807) is 9.58 Å². The predicted molar refractivity (Wildman–Crippen MR) is 153 cm³/mol. The molecule has 9 nitrogen and oxygen atoms in total. The van der Waals surface area contributed by atoms with Gasteiger partial charge in [-0.3, -0.25) is 19.6 Å². The number of carbonyl (C=O) groups is 3. The van der Waals surface area contributed by atoms with Crippen LogP contribution in [0.3, 0.4) is 0 Å². The molecule has 2 saturated heterocycles. The number of aromatic nitrogens is 2. The van der Waals surface area contributed by atoms with Crippen LogP contribution < -0.4 is 10.6 Å². The van der Waals surface area contributed by atoms with E-state index in [1.807, 2.05) is 46.0 Å². The number of hydrogen-bond donors (Lipinski definition) is 2. The third kappa shape index (κ3) is 7.12. The Labute approximate surface area is 236 Å². The summed E-state index contributed by atoms with van der Waals surface area (Å²) in [4.78, 5) is 38.0. The van der Waals surface area contributed by atoms with Crippen LogP contribution in [0.2, 0.25) is 0 Å². The highest BCUT2D eigenvalue weighted by Gasteiger charge is 2.34. The molecular formula is C30H44FN5O4. The van der Waals surface area contributed by atoms with Crippen LogP contribution in [0.4, 0.5) is 14.9 Å². The highest BCUT2D eigenvalue weighted by atomic mass is 19.1. The van der Waals surface area contributed by atoms with Crippen LogP contribution >= 0.6 is 0 Å². The lowest BCUT2D eigenvalue weighted by Gasteiger charge is -2.36. The van der Waals surface area contributed by atoms with Gasteiger partial charge in [-0.2, -0.15) is 5.10 Å². The van der Waals surface area contributed by atoms with Gasteiger partial charge in [0.1, 0.15) is 11.8 Å². The highest BCUT2D eigenvalue weighted by molar-refractivity contribution is 6.02. The highest BCUT2D eigenvalue weighted by Crippen LogP contribution is 2.33. The van der Waals surface area contributed by atoms with Crippen LogP contribution in [0.5, 0.6) is 0 Å². The van der Waals surface area contributed by atoms with Crippen LogP contribution in [0.1, 0.15) is 84.3 Å². The van der Waals surface area contributed by atoms with E-state index in [4.69, 9.17) is 4.74 Å². The summed E-state index contributed by atoms with van der Waals surface area (Å²) >= 11 is 0. The summed E-state index contributed by atoms with van der Waals surface area (Å²) in [6.45, 7) is 9.36. The summed E-state index contributed by atoms with van der Waals surface area (Å²) in [6.07, 6.45) is 3.32. The molecule has 3 amide bonds. The van der Waals surface area contributed by atoms with E-state index < -0.39 is 17.7 Å². The topological polar surface area (TPSA) is 106 Å². The largest absolute Gasteiger partial charge is 0.444 e. The molecule has 1 aromatic carbocycles. The molecule has 0 bridgehead atoms. The molecule has 2 aliphatic heterocycles. The van der Waals surface area contributed by atoms with Crippen LogP contribution in [0.15, 0.2) is 18.2 Å². The van der Waals surface area contributed by atoms with E-state index in [-0.39, 0.29) is 29.7 Å². The first-order chi connectivity index (χ1) is 19.0. The Hall–Kier alpha value is -3.17. The molecule has 0 radical (unpaired) electrons. The Morgan fingerprint density at radius 1 is 1.20 bits per heavy atom. The number of carbonyl (C=O) groups excluding carboxylic acids is 3. The van der Waals surface area contributed by atoms with Crippen LogP contribution in [0.25, 0.3) is 10.9 Å². The number of nitrogens with zero attached hydrogens (tertiary/aromatic N) is 3. The van der Waals surface area contributed by atoms with Gasteiger partial charge < -0.3 is 15.0 Å². The third-order valence-corrected chi connectivity index (χ3v) is 8.05. The van der Waals surface area contributed by atoms with E-state index in [9.17, 15) is 14.4 Å². The zero-order valence-corrected chi connectivity index (χ0v) is 24.5. The first-order valence-electron chi connectivity index (χ1n) is 14.6. The van der Waals surface area contributed by atoms with Crippen molar-refractivity contribution in [2.24, 2.45) is 18.9 Å². The first kappa shape index (κ1) is 29.8. The van der Waals surface area contributed by atoms with Crippen molar-refractivity contribution in [1.29, 1.82) is 0 Å². The molecule has 1 aromatic heterocycles. The maximum absolute atomic E-state index is 15.7. The van der Waals surface area contributed by atoms with Crippen LogP contribution in [-0.4, -0.2) is 64.0 Å². The SMILES string of the molecule is CCCC(CCNc1ccc2c(C3CCC(=O)NC3=O)nn(C)c2c1)[C@@H](F)C1CCN(C(=O)OC(C)(C)C)CC1. The van der Waals surface area contributed by atoms with Crippen molar-refractivity contribution in [3.63, 3.8) is 0 Å². The summed E-state index contributed by atoms with van der Waals surface area (Å²) < 4.78 is 23.0. The molecule has 220 valence electrons. The molecular weight excluding hydrogens is 513 g/mol. The van der Waals surface area contributed by atoms with E-state index in [0.717, 1.165) is 29.4 Å². The maximum Gasteiger partial charge on any atom is 0.410 e. The first-order valence-corrected chi connectivity index (χ1v) is 14.6. The minimum atomic E-state index is -0.904. The average Bonchev–Trinajstić information content (AvgIpc) is 3.22. The number of piperidine rings is 2. The Balaban J connectivity index is 1.33. The Morgan fingerprint density at radius 3 is 2.58 bits per heavy atom. The number of aryl methyl sites for hydroxylation is 1. The maximum atomic E-state index is 15.7. The van der Waals surface area contributed by atoms with E-state index in [1.165, 1.54) is 0 Å². The quantitative estimate of drug-likeness (QED) is 0.406. The number of amides is 3. The van der Waals surface area contributed by atoms with Crippen molar-refractivity contribution in [1.82, 2.24) is 20.0 Å². The second-order valence-electron chi connectivity index (χ2n) is 12.3. The molecule has 4 rings (SSSR count). The molecule has 3 heterocycles. The van der Waals surface area contributed by atoms with Crippen LogP contribution in [0, 0.1) is 11.8 Å². The van der Waals surface area contributed by atoms with Gasteiger partial charge in [-0.05, 0) is 82.9 Å². The van der Waals surface area contributed by atoms with Crippen LogP contribution in [-0.2, 0) is 21.4 Å². The van der Waals surface area contributed by atoms with Gasteiger partial charge in [0.05, 0.1) is 17.1 Å². The summed E-state index contributed by atoms with van der Waals surface area (Å²) in [7, 11) is 1.85. The molecule has 0 spiro atoms. The Morgan fingerprint density at radius 2 is 1.93 bits per heavy atom. The number of nitrogens with one attached hydrogen (secondary N) is 2. The van der Waals surface area contributed by atoms with Crippen molar-refractivity contribution in [3.8, 4) is 0 Å². The monoisotopic (exact) mass is 557 g/mol. The summed E-state index contributed by atoms with van der Waals surface area (Å²) in [5.74, 6) is -1.07. The van der Waals surface area contributed by atoms with Gasteiger partial charge in [0, 0.05) is 44.2 Å². The van der Waals surface area contributed by atoms with E-state index in [2.05, 4.69) is 22.7 Å². The zero-order chi connectivity index (χ0) is 29.0. The number of benzene rings is 1. The van der Waals surface area contributed by atoms with E-state index >= 15 is 4.39 Å². The lowest BCUT2D eigenvalue weighted by atomic mass is 9.82. The molecule has 2 unspecified atom stereocenters. The lowest BCUT2D eigenvalue weighted by molar-refractivity contribution is -0.134. The summed E-state index contributed by atoms with van der Waals surface area (Å²) in [5, 5.41) is 11.4. The fourth-order valence-corrected chi connectivity index (χ4v) is 5.95. The minimum absolute atomic E-state index is 0.0462. The standard InChI is InChI=1S/C30H44FN5O4/c1-6-7-19(26(31)20-13-16-36(17-14-20)29(39)40-30(2,3)4)12-15-32-21-8-9-22-24(18-21)35(5)34-27(22)23-10-11-25(37)33-28(23)38/h8-9,18-20,23,26,32H,6-7,10-17H2,1-5H3,(H,33,37,38)/t19?,23?,26-/m1/s1. The molecule has 3 atom stereocenters. The number of anilines is 1. The second-order valence-corrected chi connectivity index (χ2v) is 12.3. The number of hydrogen-bond acceptors (Lipinski definition) is 6. The number of fused-ring (bicyclic) bond motifs is 1. The molecule has 2 N–H and O–H groups in total. The van der Waals surface area contributed by atoms with Gasteiger partial charge in [0.2, 0.25) is 11.8 Å². The van der Waals surface area contributed by atoms with Crippen molar-refractivity contribution < 1.29 is 23.5 Å². The lowest BCUT2D eigenvalue weighted by Crippen LogP contribution is -2.44.